The Hall–Kier alpha value is -2.35. The van der Waals surface area contributed by atoms with Gasteiger partial charge in [0.2, 0.25) is 15.9 Å². The van der Waals surface area contributed by atoms with Crippen molar-refractivity contribution in [3.8, 4) is 0 Å². The van der Waals surface area contributed by atoms with Crippen LogP contribution in [0.5, 0.6) is 0 Å². The molecule has 2 N–H and O–H groups in total. The van der Waals surface area contributed by atoms with Crippen molar-refractivity contribution in [3.63, 3.8) is 0 Å². The van der Waals surface area contributed by atoms with Gasteiger partial charge in [0.1, 0.15) is 0 Å². The Balaban J connectivity index is 1.42. The van der Waals surface area contributed by atoms with Gasteiger partial charge in [-0.2, -0.15) is 0 Å². The third-order valence-electron chi connectivity index (χ3n) is 4.95. The Morgan fingerprint density at radius 2 is 1.93 bits per heavy atom. The topological polar surface area (TPSA) is 82.3 Å². The SMILES string of the molecule is O=C1CCCN1c1ccc(S(=O)(=O)NCCc2c[nH]c3ccc(Cl)cc23)cc1. The molecule has 0 bridgehead atoms. The molecule has 0 radical (unpaired) electrons. The molecule has 2 aromatic carbocycles. The van der Waals surface area contributed by atoms with Crippen LogP contribution in [0.25, 0.3) is 10.9 Å². The quantitative estimate of drug-likeness (QED) is 0.644. The normalized spacial score (nSPS) is 14.9. The standard InChI is InChI=1S/C20H20ClN3O3S/c21-15-3-8-19-18(12-15)14(13-22-19)9-10-23-28(26,27)17-6-4-16(5-7-17)24-11-1-2-20(24)25/h3-8,12-13,22-23H,1-2,9-11H2. The molecule has 1 aliphatic rings. The molecule has 8 heteroatoms. The second-order valence-electron chi connectivity index (χ2n) is 6.79. The van der Waals surface area contributed by atoms with Gasteiger partial charge >= 0.3 is 0 Å². The van der Waals surface area contributed by atoms with Gasteiger partial charge in [0.15, 0.2) is 0 Å². The first kappa shape index (κ1) is 19.0. The lowest BCUT2D eigenvalue weighted by molar-refractivity contribution is -0.117. The average molecular weight is 418 g/mol. The van der Waals surface area contributed by atoms with Crippen molar-refractivity contribution in [2.24, 2.45) is 0 Å². The van der Waals surface area contributed by atoms with E-state index in [2.05, 4.69) is 9.71 Å². The Kier molecular flexibility index (Phi) is 5.14. The zero-order valence-corrected chi connectivity index (χ0v) is 16.7. The number of rotatable bonds is 6. The van der Waals surface area contributed by atoms with E-state index in [1.54, 1.807) is 17.0 Å². The van der Waals surface area contributed by atoms with Gasteiger partial charge in [-0.05, 0) is 60.9 Å². The van der Waals surface area contributed by atoms with Crippen LogP contribution in [0.1, 0.15) is 18.4 Å². The number of aromatic amines is 1. The van der Waals surface area contributed by atoms with Crippen molar-refractivity contribution in [2.45, 2.75) is 24.2 Å². The van der Waals surface area contributed by atoms with E-state index in [1.165, 1.54) is 12.1 Å². The van der Waals surface area contributed by atoms with Crippen LogP contribution in [0.3, 0.4) is 0 Å². The molecule has 0 aliphatic carbocycles. The van der Waals surface area contributed by atoms with E-state index in [0.717, 1.165) is 28.6 Å². The van der Waals surface area contributed by atoms with Gasteiger partial charge in [0, 0.05) is 47.3 Å². The van der Waals surface area contributed by atoms with Crippen molar-refractivity contribution in [1.29, 1.82) is 0 Å². The van der Waals surface area contributed by atoms with Crippen molar-refractivity contribution < 1.29 is 13.2 Å². The fourth-order valence-corrected chi connectivity index (χ4v) is 4.69. The average Bonchev–Trinajstić information content (AvgIpc) is 3.28. The minimum Gasteiger partial charge on any atom is -0.361 e. The Morgan fingerprint density at radius 3 is 2.64 bits per heavy atom. The van der Waals surface area contributed by atoms with Gasteiger partial charge in [-0.15, -0.1) is 0 Å². The Labute approximate surface area is 168 Å². The highest BCUT2D eigenvalue weighted by atomic mass is 35.5. The fourth-order valence-electron chi connectivity index (χ4n) is 3.49. The molecular formula is C20H20ClN3O3S. The molecule has 6 nitrogen and oxygen atoms in total. The lowest BCUT2D eigenvalue weighted by Gasteiger charge is -2.16. The third-order valence-corrected chi connectivity index (χ3v) is 6.66. The molecule has 0 spiro atoms. The van der Waals surface area contributed by atoms with Crippen molar-refractivity contribution in [1.82, 2.24) is 9.71 Å². The molecule has 0 atom stereocenters. The number of anilines is 1. The molecule has 1 amide bonds. The summed E-state index contributed by atoms with van der Waals surface area (Å²) in [6.07, 6.45) is 3.79. The number of aromatic nitrogens is 1. The van der Waals surface area contributed by atoms with Gasteiger partial charge in [0.05, 0.1) is 4.90 Å². The second-order valence-corrected chi connectivity index (χ2v) is 9.00. The number of hydrogen-bond acceptors (Lipinski definition) is 3. The van der Waals surface area contributed by atoms with Gasteiger partial charge in [-0.1, -0.05) is 11.6 Å². The van der Waals surface area contributed by atoms with Crippen molar-refractivity contribution in [2.75, 3.05) is 18.0 Å². The number of benzene rings is 2. The van der Waals surface area contributed by atoms with Crippen LogP contribution in [-0.4, -0.2) is 32.4 Å². The summed E-state index contributed by atoms with van der Waals surface area (Å²) in [7, 11) is -3.62. The molecule has 1 saturated heterocycles. The summed E-state index contributed by atoms with van der Waals surface area (Å²) in [5.41, 5.74) is 2.70. The number of nitrogens with one attached hydrogen (secondary N) is 2. The number of sulfonamides is 1. The Morgan fingerprint density at radius 1 is 1.14 bits per heavy atom. The van der Waals surface area contributed by atoms with Crippen molar-refractivity contribution in [3.05, 3.63) is 59.2 Å². The number of fused-ring (bicyclic) bond motifs is 1. The molecule has 146 valence electrons. The van der Waals surface area contributed by atoms with E-state index in [-0.39, 0.29) is 17.3 Å². The molecular weight excluding hydrogens is 398 g/mol. The van der Waals surface area contributed by atoms with Gasteiger partial charge in [-0.3, -0.25) is 4.79 Å². The fraction of sp³-hybridized carbons (Fsp3) is 0.250. The minimum absolute atomic E-state index is 0.0764. The van der Waals surface area contributed by atoms with E-state index in [4.69, 9.17) is 11.6 Å². The van der Waals surface area contributed by atoms with Crippen molar-refractivity contribution >= 4 is 44.1 Å². The van der Waals surface area contributed by atoms with Crippen LogP contribution in [0, 0.1) is 0 Å². The Bertz CT molecular complexity index is 1120. The van der Waals surface area contributed by atoms with Crippen LogP contribution in [0.15, 0.2) is 53.6 Å². The van der Waals surface area contributed by atoms with E-state index >= 15 is 0 Å². The van der Waals surface area contributed by atoms with Gasteiger partial charge in [0.25, 0.3) is 0 Å². The van der Waals surface area contributed by atoms with E-state index < -0.39 is 10.0 Å². The van der Waals surface area contributed by atoms with Crippen LogP contribution in [0.4, 0.5) is 5.69 Å². The monoisotopic (exact) mass is 417 g/mol. The highest BCUT2D eigenvalue weighted by Crippen LogP contribution is 2.24. The number of carbonyl (C=O) groups is 1. The number of carbonyl (C=O) groups excluding carboxylic acids is 1. The first-order valence-corrected chi connectivity index (χ1v) is 11.0. The first-order valence-electron chi connectivity index (χ1n) is 9.10. The van der Waals surface area contributed by atoms with Crippen LogP contribution >= 0.6 is 11.6 Å². The van der Waals surface area contributed by atoms with Crippen LogP contribution < -0.4 is 9.62 Å². The summed E-state index contributed by atoms with van der Waals surface area (Å²) in [4.78, 5) is 16.8. The summed E-state index contributed by atoms with van der Waals surface area (Å²) in [5.74, 6) is 0.0764. The molecule has 0 saturated carbocycles. The number of H-pyrrole nitrogens is 1. The molecule has 3 aromatic rings. The highest BCUT2D eigenvalue weighted by molar-refractivity contribution is 7.89. The number of amides is 1. The molecule has 28 heavy (non-hydrogen) atoms. The number of nitrogens with zero attached hydrogens (tertiary/aromatic N) is 1. The lowest BCUT2D eigenvalue weighted by Crippen LogP contribution is -2.26. The van der Waals surface area contributed by atoms with Crippen LogP contribution in [-0.2, 0) is 21.2 Å². The molecule has 1 aliphatic heterocycles. The summed E-state index contributed by atoms with van der Waals surface area (Å²) in [5, 5.41) is 1.64. The smallest absolute Gasteiger partial charge is 0.240 e. The molecule has 2 heterocycles. The summed E-state index contributed by atoms with van der Waals surface area (Å²) in [6, 6.07) is 12.0. The largest absolute Gasteiger partial charge is 0.361 e. The van der Waals surface area contributed by atoms with E-state index in [9.17, 15) is 13.2 Å². The molecule has 1 fully saturated rings. The molecule has 0 unspecified atom stereocenters. The summed E-state index contributed by atoms with van der Waals surface area (Å²) >= 11 is 6.05. The zero-order valence-electron chi connectivity index (χ0n) is 15.1. The number of halogens is 1. The predicted molar refractivity (Wildman–Crippen MR) is 110 cm³/mol. The summed E-state index contributed by atoms with van der Waals surface area (Å²) in [6.45, 7) is 0.950. The van der Waals surface area contributed by atoms with Gasteiger partial charge < -0.3 is 9.88 Å². The maximum Gasteiger partial charge on any atom is 0.240 e. The maximum atomic E-state index is 12.6. The van der Waals surface area contributed by atoms with E-state index in [0.29, 0.717) is 24.4 Å². The maximum absolute atomic E-state index is 12.6. The lowest BCUT2D eigenvalue weighted by atomic mass is 10.1. The third kappa shape index (κ3) is 3.78. The summed E-state index contributed by atoms with van der Waals surface area (Å²) < 4.78 is 27.7. The van der Waals surface area contributed by atoms with E-state index in [1.807, 2.05) is 24.4 Å². The molecule has 4 rings (SSSR count). The van der Waals surface area contributed by atoms with Gasteiger partial charge in [-0.25, -0.2) is 13.1 Å². The highest BCUT2D eigenvalue weighted by Gasteiger charge is 2.22. The van der Waals surface area contributed by atoms with Crippen LogP contribution in [0.2, 0.25) is 5.02 Å². The zero-order chi connectivity index (χ0) is 19.7. The first-order chi connectivity index (χ1) is 13.4. The number of hydrogen-bond donors (Lipinski definition) is 2. The predicted octanol–water partition coefficient (Wildman–Crippen LogP) is 3.47. The minimum atomic E-state index is -3.62. The second kappa shape index (κ2) is 7.58. The molecule has 1 aromatic heterocycles.